The van der Waals surface area contributed by atoms with E-state index in [1.165, 1.54) is 0 Å². The van der Waals surface area contributed by atoms with E-state index in [0.717, 1.165) is 6.42 Å². The molecule has 1 rings (SSSR count). The first-order valence-electron chi connectivity index (χ1n) is 6.30. The zero-order valence-corrected chi connectivity index (χ0v) is 11.2. The molecule has 1 unspecified atom stereocenters. The molecule has 0 saturated carbocycles. The van der Waals surface area contributed by atoms with Gasteiger partial charge in [0, 0.05) is 0 Å². The van der Waals surface area contributed by atoms with E-state index in [1.54, 1.807) is 18.2 Å². The summed E-state index contributed by atoms with van der Waals surface area (Å²) in [6, 6.07) is 4.99. The van der Waals surface area contributed by atoms with Crippen molar-refractivity contribution in [2.45, 2.75) is 32.8 Å². The van der Waals surface area contributed by atoms with Crippen LogP contribution in [0, 0.1) is 0 Å². The minimum atomic E-state index is -0.759. The lowest BCUT2D eigenvalue weighted by atomic mass is 10.1. The summed E-state index contributed by atoms with van der Waals surface area (Å²) in [5.41, 5.74) is 5.63. The number of aldehydes is 1. The minimum absolute atomic E-state index is 0.275. The van der Waals surface area contributed by atoms with Crippen molar-refractivity contribution in [3.63, 3.8) is 0 Å². The Hall–Kier alpha value is -2.04. The lowest BCUT2D eigenvalue weighted by molar-refractivity contribution is -0.125. The number of ether oxygens (including phenoxy) is 2. The molecule has 0 aliphatic heterocycles. The van der Waals surface area contributed by atoms with E-state index < -0.39 is 12.0 Å². The summed E-state index contributed by atoms with van der Waals surface area (Å²) in [6.07, 6.45) is 1.15. The van der Waals surface area contributed by atoms with Gasteiger partial charge < -0.3 is 15.2 Å². The van der Waals surface area contributed by atoms with E-state index in [1.807, 2.05) is 13.8 Å². The second kappa shape index (κ2) is 7.41. The lowest BCUT2D eigenvalue weighted by Gasteiger charge is -2.19. The standard InChI is InChI=1S/C14H19NO4/c1-3-6-12(14(15)17)19-13-10(9-16)7-5-8-11(13)18-4-2/h5,7-9,12H,3-4,6H2,1-2H3,(H2,15,17). The van der Waals surface area contributed by atoms with Crippen LogP contribution in [0.4, 0.5) is 0 Å². The molecule has 0 radical (unpaired) electrons. The molecule has 104 valence electrons. The van der Waals surface area contributed by atoms with Crippen molar-refractivity contribution in [2.75, 3.05) is 6.61 Å². The van der Waals surface area contributed by atoms with Gasteiger partial charge in [-0.25, -0.2) is 0 Å². The minimum Gasteiger partial charge on any atom is -0.490 e. The predicted octanol–water partition coefficient (Wildman–Crippen LogP) is 1.93. The number of benzene rings is 1. The Labute approximate surface area is 112 Å². The highest BCUT2D eigenvalue weighted by Crippen LogP contribution is 2.31. The highest BCUT2D eigenvalue weighted by Gasteiger charge is 2.20. The molecule has 19 heavy (non-hydrogen) atoms. The fourth-order valence-corrected chi connectivity index (χ4v) is 1.68. The average Bonchev–Trinajstić information content (AvgIpc) is 2.39. The van der Waals surface area contributed by atoms with E-state index in [9.17, 15) is 9.59 Å². The van der Waals surface area contributed by atoms with Gasteiger partial charge in [-0.15, -0.1) is 0 Å². The van der Waals surface area contributed by atoms with Crippen molar-refractivity contribution in [1.82, 2.24) is 0 Å². The predicted molar refractivity (Wildman–Crippen MR) is 71.5 cm³/mol. The maximum absolute atomic E-state index is 11.3. The van der Waals surface area contributed by atoms with E-state index in [4.69, 9.17) is 15.2 Å². The first-order valence-corrected chi connectivity index (χ1v) is 6.30. The monoisotopic (exact) mass is 265 g/mol. The van der Waals surface area contributed by atoms with Crippen LogP contribution < -0.4 is 15.2 Å². The molecule has 0 aromatic heterocycles. The van der Waals surface area contributed by atoms with Crippen LogP contribution in [0.1, 0.15) is 37.0 Å². The van der Waals surface area contributed by atoms with Crippen LogP contribution in [0.5, 0.6) is 11.5 Å². The van der Waals surface area contributed by atoms with Crippen LogP contribution >= 0.6 is 0 Å². The van der Waals surface area contributed by atoms with Gasteiger partial charge >= 0.3 is 0 Å². The number of rotatable bonds is 8. The maximum atomic E-state index is 11.3. The van der Waals surface area contributed by atoms with E-state index in [0.29, 0.717) is 30.6 Å². The number of nitrogens with two attached hydrogens (primary N) is 1. The third-order valence-corrected chi connectivity index (χ3v) is 2.56. The zero-order valence-electron chi connectivity index (χ0n) is 11.2. The van der Waals surface area contributed by atoms with Gasteiger partial charge in [-0.1, -0.05) is 19.4 Å². The average molecular weight is 265 g/mol. The molecule has 5 heteroatoms. The Balaban J connectivity index is 3.08. The number of hydrogen-bond donors (Lipinski definition) is 1. The number of carbonyl (C=O) groups excluding carboxylic acids is 2. The third kappa shape index (κ3) is 3.98. The third-order valence-electron chi connectivity index (χ3n) is 2.56. The number of hydrogen-bond acceptors (Lipinski definition) is 4. The number of para-hydroxylation sites is 1. The van der Waals surface area contributed by atoms with Gasteiger partial charge in [0.05, 0.1) is 12.2 Å². The molecule has 0 aliphatic rings. The Morgan fingerprint density at radius 3 is 2.68 bits per heavy atom. The van der Waals surface area contributed by atoms with Gasteiger partial charge in [0.2, 0.25) is 0 Å². The summed E-state index contributed by atoms with van der Waals surface area (Å²) in [7, 11) is 0. The summed E-state index contributed by atoms with van der Waals surface area (Å²) < 4.78 is 11.0. The SMILES string of the molecule is CCCC(Oc1c(C=O)cccc1OCC)C(N)=O. The van der Waals surface area contributed by atoms with Crippen LogP contribution in [0.25, 0.3) is 0 Å². The van der Waals surface area contributed by atoms with Crippen molar-refractivity contribution >= 4 is 12.2 Å². The topological polar surface area (TPSA) is 78.6 Å². The molecule has 0 spiro atoms. The Bertz CT molecular complexity index is 445. The van der Waals surface area contributed by atoms with Crippen molar-refractivity contribution < 1.29 is 19.1 Å². The Morgan fingerprint density at radius 2 is 2.16 bits per heavy atom. The normalized spacial score (nSPS) is 11.7. The van der Waals surface area contributed by atoms with Crippen LogP contribution in [0.15, 0.2) is 18.2 Å². The highest BCUT2D eigenvalue weighted by molar-refractivity contribution is 5.83. The molecular weight excluding hydrogens is 246 g/mol. The number of amides is 1. The summed E-state index contributed by atoms with van der Waals surface area (Å²) in [4.78, 5) is 22.4. The fraction of sp³-hybridized carbons (Fsp3) is 0.429. The van der Waals surface area contributed by atoms with Crippen molar-refractivity contribution in [2.24, 2.45) is 5.73 Å². The zero-order chi connectivity index (χ0) is 14.3. The molecular formula is C14H19NO4. The van der Waals surface area contributed by atoms with Crippen molar-refractivity contribution in [1.29, 1.82) is 0 Å². The van der Waals surface area contributed by atoms with Gasteiger partial charge in [-0.3, -0.25) is 9.59 Å². The van der Waals surface area contributed by atoms with Gasteiger partial charge in [0.15, 0.2) is 23.9 Å². The Morgan fingerprint density at radius 1 is 1.42 bits per heavy atom. The molecule has 1 aromatic rings. The fourth-order valence-electron chi connectivity index (χ4n) is 1.68. The van der Waals surface area contributed by atoms with Gasteiger partial charge in [0.1, 0.15) is 0 Å². The van der Waals surface area contributed by atoms with E-state index >= 15 is 0 Å². The maximum Gasteiger partial charge on any atom is 0.258 e. The second-order valence-corrected chi connectivity index (χ2v) is 4.02. The summed E-state index contributed by atoms with van der Waals surface area (Å²) in [6.45, 7) is 4.19. The molecule has 2 N–H and O–H groups in total. The second-order valence-electron chi connectivity index (χ2n) is 4.02. The highest BCUT2D eigenvalue weighted by atomic mass is 16.5. The summed E-state index contributed by atoms with van der Waals surface area (Å²) in [5, 5.41) is 0. The smallest absolute Gasteiger partial charge is 0.258 e. The van der Waals surface area contributed by atoms with Crippen LogP contribution in [0.2, 0.25) is 0 Å². The first kappa shape index (κ1) is 15.0. The van der Waals surface area contributed by atoms with Crippen LogP contribution in [-0.2, 0) is 4.79 Å². The van der Waals surface area contributed by atoms with Gasteiger partial charge in [0.25, 0.3) is 5.91 Å². The molecule has 0 saturated heterocycles. The van der Waals surface area contributed by atoms with Crippen LogP contribution in [0.3, 0.4) is 0 Å². The summed E-state index contributed by atoms with van der Waals surface area (Å²) in [5.74, 6) is 0.163. The van der Waals surface area contributed by atoms with E-state index in [-0.39, 0.29) is 5.75 Å². The molecule has 1 amide bonds. The summed E-state index contributed by atoms with van der Waals surface area (Å²) >= 11 is 0. The molecule has 0 bridgehead atoms. The van der Waals surface area contributed by atoms with Gasteiger partial charge in [-0.2, -0.15) is 0 Å². The number of carbonyl (C=O) groups is 2. The van der Waals surface area contributed by atoms with Crippen LogP contribution in [-0.4, -0.2) is 24.9 Å². The Kier molecular flexibility index (Phi) is 5.85. The first-order chi connectivity index (χ1) is 9.13. The van der Waals surface area contributed by atoms with Crippen molar-refractivity contribution in [3.05, 3.63) is 23.8 Å². The van der Waals surface area contributed by atoms with Gasteiger partial charge in [-0.05, 0) is 25.5 Å². The number of primary amides is 1. The lowest BCUT2D eigenvalue weighted by Crippen LogP contribution is -2.33. The molecule has 0 fully saturated rings. The van der Waals surface area contributed by atoms with E-state index in [2.05, 4.69) is 0 Å². The molecule has 0 heterocycles. The largest absolute Gasteiger partial charge is 0.490 e. The van der Waals surface area contributed by atoms with Crippen molar-refractivity contribution in [3.8, 4) is 11.5 Å². The molecule has 0 aliphatic carbocycles. The molecule has 1 aromatic carbocycles. The molecule has 1 atom stereocenters. The molecule has 5 nitrogen and oxygen atoms in total. The quantitative estimate of drug-likeness (QED) is 0.728.